The number of rotatable bonds is 8. The van der Waals surface area contributed by atoms with Crippen LogP contribution in [-0.2, 0) is 10.0 Å². The first-order valence-electron chi connectivity index (χ1n) is 7.40. The Hall–Kier alpha value is -1.14. The van der Waals surface area contributed by atoms with E-state index in [-0.39, 0.29) is 16.1 Å². The monoisotopic (exact) mass is 316 g/mol. The number of hydrogen-bond acceptors (Lipinski definition) is 3. The number of nitrogen functional groups attached to an aromatic ring is 1. The highest BCUT2D eigenvalue weighted by Crippen LogP contribution is 2.24. The zero-order valence-electron chi connectivity index (χ0n) is 13.0. The maximum atomic E-state index is 13.8. The molecule has 0 aliphatic rings. The van der Waals surface area contributed by atoms with Gasteiger partial charge in [0.15, 0.2) is 0 Å². The fourth-order valence-electron chi connectivity index (χ4n) is 1.99. The van der Waals surface area contributed by atoms with E-state index in [4.69, 9.17) is 5.73 Å². The minimum Gasteiger partial charge on any atom is -0.398 e. The van der Waals surface area contributed by atoms with Crippen LogP contribution in [0.3, 0.4) is 0 Å². The van der Waals surface area contributed by atoms with Gasteiger partial charge in [0.05, 0.1) is 4.90 Å². The van der Waals surface area contributed by atoms with Gasteiger partial charge in [-0.15, -0.1) is 0 Å². The highest BCUT2D eigenvalue weighted by molar-refractivity contribution is 7.89. The topological polar surface area (TPSA) is 63.4 Å². The van der Waals surface area contributed by atoms with Crippen molar-refractivity contribution in [3.05, 3.63) is 23.5 Å². The summed E-state index contributed by atoms with van der Waals surface area (Å²) < 4.78 is 40.5. The van der Waals surface area contributed by atoms with Crippen molar-refractivity contribution in [2.75, 3.05) is 18.8 Å². The van der Waals surface area contributed by atoms with Gasteiger partial charge in [0.25, 0.3) is 0 Å². The summed E-state index contributed by atoms with van der Waals surface area (Å²) in [6, 6.07) is 2.41. The summed E-state index contributed by atoms with van der Waals surface area (Å²) in [7, 11) is -3.69. The van der Waals surface area contributed by atoms with E-state index >= 15 is 0 Å². The first-order valence-corrected chi connectivity index (χ1v) is 8.84. The van der Waals surface area contributed by atoms with Crippen LogP contribution in [0, 0.1) is 12.7 Å². The zero-order chi connectivity index (χ0) is 16.0. The minimum absolute atomic E-state index is 0.0599. The number of hydrogen-bond donors (Lipinski definition) is 1. The van der Waals surface area contributed by atoms with E-state index < -0.39 is 15.8 Å². The molecule has 0 saturated carbocycles. The van der Waals surface area contributed by atoms with Gasteiger partial charge in [0, 0.05) is 24.3 Å². The predicted octanol–water partition coefficient (Wildman–Crippen LogP) is 3.31. The average molecular weight is 316 g/mol. The molecule has 1 rings (SSSR count). The molecule has 0 saturated heterocycles. The summed E-state index contributed by atoms with van der Waals surface area (Å²) in [5.74, 6) is -0.584. The van der Waals surface area contributed by atoms with Crippen LogP contribution in [0.2, 0.25) is 0 Å². The molecular weight excluding hydrogens is 291 g/mol. The summed E-state index contributed by atoms with van der Waals surface area (Å²) in [6.45, 7) is 6.46. The van der Waals surface area contributed by atoms with Gasteiger partial charge in [-0.3, -0.25) is 0 Å². The number of unbranched alkanes of at least 4 members (excludes halogenated alkanes) is 2. The minimum atomic E-state index is -3.69. The molecule has 0 atom stereocenters. The number of sulfonamides is 1. The lowest BCUT2D eigenvalue weighted by Crippen LogP contribution is -2.33. The Labute approximate surface area is 127 Å². The molecule has 0 bridgehead atoms. The summed E-state index contributed by atoms with van der Waals surface area (Å²) in [5, 5.41) is 0. The van der Waals surface area contributed by atoms with Crippen LogP contribution in [0.15, 0.2) is 17.0 Å². The molecule has 0 fully saturated rings. The highest BCUT2D eigenvalue weighted by atomic mass is 32.2. The second kappa shape index (κ2) is 7.75. The van der Waals surface area contributed by atoms with Crippen LogP contribution in [0.5, 0.6) is 0 Å². The van der Waals surface area contributed by atoms with Gasteiger partial charge in [-0.05, 0) is 31.9 Å². The van der Waals surface area contributed by atoms with Gasteiger partial charge in [0.1, 0.15) is 5.82 Å². The molecule has 1 aromatic carbocycles. The summed E-state index contributed by atoms with van der Waals surface area (Å²) in [4.78, 5) is -0.0599. The van der Waals surface area contributed by atoms with E-state index in [1.807, 2.05) is 13.8 Å². The molecule has 0 aliphatic heterocycles. The molecule has 0 radical (unpaired) electrons. The van der Waals surface area contributed by atoms with E-state index in [2.05, 4.69) is 0 Å². The van der Waals surface area contributed by atoms with Gasteiger partial charge in [-0.25, -0.2) is 12.8 Å². The summed E-state index contributed by atoms with van der Waals surface area (Å²) >= 11 is 0. The van der Waals surface area contributed by atoms with Gasteiger partial charge in [-0.1, -0.05) is 26.7 Å². The lowest BCUT2D eigenvalue weighted by atomic mass is 10.2. The molecule has 0 aromatic heterocycles. The maximum absolute atomic E-state index is 13.8. The first-order chi connectivity index (χ1) is 9.84. The number of anilines is 1. The van der Waals surface area contributed by atoms with E-state index in [1.54, 1.807) is 0 Å². The fourth-order valence-corrected chi connectivity index (χ4v) is 3.56. The average Bonchev–Trinajstić information content (AvgIpc) is 2.44. The smallest absolute Gasteiger partial charge is 0.243 e. The summed E-state index contributed by atoms with van der Waals surface area (Å²) in [6.07, 6.45) is 3.38. The van der Waals surface area contributed by atoms with Crippen LogP contribution < -0.4 is 5.73 Å². The third-order valence-corrected chi connectivity index (χ3v) is 5.39. The molecule has 0 amide bonds. The van der Waals surface area contributed by atoms with Crippen molar-refractivity contribution in [2.24, 2.45) is 0 Å². The van der Waals surface area contributed by atoms with Crippen LogP contribution in [0.4, 0.5) is 10.1 Å². The van der Waals surface area contributed by atoms with Crippen molar-refractivity contribution < 1.29 is 12.8 Å². The van der Waals surface area contributed by atoms with E-state index in [1.165, 1.54) is 17.3 Å². The van der Waals surface area contributed by atoms with E-state index in [0.717, 1.165) is 31.7 Å². The third-order valence-electron chi connectivity index (χ3n) is 3.52. The molecule has 0 heterocycles. The molecule has 0 aliphatic carbocycles. The van der Waals surface area contributed by atoms with Crippen molar-refractivity contribution in [3.8, 4) is 0 Å². The number of nitrogens with two attached hydrogens (primary N) is 1. The third kappa shape index (κ3) is 4.41. The quantitative estimate of drug-likeness (QED) is 0.748. The SMILES string of the molecule is CCCCN(CCCC)S(=O)(=O)c1cc(N)c(C)c(F)c1. The van der Waals surface area contributed by atoms with Crippen LogP contribution in [-0.4, -0.2) is 25.8 Å². The van der Waals surface area contributed by atoms with Crippen molar-refractivity contribution in [3.63, 3.8) is 0 Å². The van der Waals surface area contributed by atoms with Crippen molar-refractivity contribution in [1.82, 2.24) is 4.31 Å². The van der Waals surface area contributed by atoms with E-state index in [0.29, 0.717) is 13.1 Å². The molecule has 0 spiro atoms. The maximum Gasteiger partial charge on any atom is 0.243 e. The van der Waals surface area contributed by atoms with Gasteiger partial charge in [-0.2, -0.15) is 4.31 Å². The molecule has 120 valence electrons. The van der Waals surface area contributed by atoms with Crippen LogP contribution in [0.25, 0.3) is 0 Å². The lowest BCUT2D eigenvalue weighted by molar-refractivity contribution is 0.395. The zero-order valence-corrected chi connectivity index (χ0v) is 13.8. The molecule has 2 N–H and O–H groups in total. The molecule has 4 nitrogen and oxygen atoms in total. The van der Waals surface area contributed by atoms with Gasteiger partial charge < -0.3 is 5.73 Å². The largest absolute Gasteiger partial charge is 0.398 e. The first kappa shape index (κ1) is 17.9. The molecule has 6 heteroatoms. The van der Waals surface area contributed by atoms with E-state index in [9.17, 15) is 12.8 Å². The second-order valence-electron chi connectivity index (χ2n) is 5.23. The van der Waals surface area contributed by atoms with Crippen LogP contribution in [0.1, 0.15) is 45.1 Å². The summed E-state index contributed by atoms with van der Waals surface area (Å²) in [5.41, 5.74) is 6.14. The van der Waals surface area contributed by atoms with Crippen molar-refractivity contribution >= 4 is 15.7 Å². The number of halogens is 1. The Bertz CT molecular complexity index is 542. The predicted molar refractivity (Wildman–Crippen MR) is 84.1 cm³/mol. The van der Waals surface area contributed by atoms with Gasteiger partial charge in [0.2, 0.25) is 10.0 Å². The Kier molecular flexibility index (Phi) is 6.61. The van der Waals surface area contributed by atoms with Crippen molar-refractivity contribution in [1.29, 1.82) is 0 Å². The van der Waals surface area contributed by atoms with Crippen LogP contribution >= 0.6 is 0 Å². The van der Waals surface area contributed by atoms with Crippen molar-refractivity contribution in [2.45, 2.75) is 51.3 Å². The number of benzene rings is 1. The standard InChI is InChI=1S/C15H25FN2O2S/c1-4-6-8-18(9-7-5-2)21(19,20)13-10-14(16)12(3)15(17)11-13/h10-11H,4-9,17H2,1-3H3. The Morgan fingerprint density at radius 1 is 1.14 bits per heavy atom. The second-order valence-corrected chi connectivity index (χ2v) is 7.17. The Morgan fingerprint density at radius 2 is 1.67 bits per heavy atom. The lowest BCUT2D eigenvalue weighted by Gasteiger charge is -2.22. The highest BCUT2D eigenvalue weighted by Gasteiger charge is 2.25. The molecule has 0 unspecified atom stereocenters. The molecule has 1 aromatic rings. The molecular formula is C15H25FN2O2S. The number of nitrogens with zero attached hydrogens (tertiary/aromatic N) is 1. The fraction of sp³-hybridized carbons (Fsp3) is 0.600. The van der Waals surface area contributed by atoms with Gasteiger partial charge >= 0.3 is 0 Å². The Morgan fingerprint density at radius 3 is 2.10 bits per heavy atom. The normalized spacial score (nSPS) is 12.0. The molecule has 21 heavy (non-hydrogen) atoms. The Balaban J connectivity index is 3.15.